The first-order valence-corrected chi connectivity index (χ1v) is 5.99. The predicted molar refractivity (Wildman–Crippen MR) is 71.2 cm³/mol. The van der Waals surface area contributed by atoms with Crippen molar-refractivity contribution in [3.8, 4) is 0 Å². The number of esters is 1. The van der Waals surface area contributed by atoms with Gasteiger partial charge < -0.3 is 9.72 Å². The summed E-state index contributed by atoms with van der Waals surface area (Å²) in [5.41, 5.74) is 3.07. The molecule has 0 saturated carbocycles. The van der Waals surface area contributed by atoms with Gasteiger partial charge >= 0.3 is 5.97 Å². The van der Waals surface area contributed by atoms with E-state index in [1.165, 1.54) is 0 Å². The maximum absolute atomic E-state index is 12.0. The van der Waals surface area contributed by atoms with Crippen LogP contribution in [0.25, 0.3) is 0 Å². The van der Waals surface area contributed by atoms with E-state index in [0.717, 1.165) is 5.56 Å². The molecule has 98 valence electrons. The first-order valence-electron chi connectivity index (χ1n) is 5.99. The molecule has 0 aliphatic carbocycles. The van der Waals surface area contributed by atoms with Crippen LogP contribution in [0.15, 0.2) is 30.3 Å². The molecule has 2 aromatic rings. The largest absolute Gasteiger partial charge is 0.457 e. The summed E-state index contributed by atoms with van der Waals surface area (Å²) in [6.07, 6.45) is 0.705. The van der Waals surface area contributed by atoms with E-state index in [0.29, 0.717) is 28.8 Å². The van der Waals surface area contributed by atoms with Crippen LogP contribution in [-0.4, -0.2) is 17.2 Å². The van der Waals surface area contributed by atoms with Crippen LogP contribution in [0.4, 0.5) is 0 Å². The van der Waals surface area contributed by atoms with Crippen molar-refractivity contribution in [2.75, 3.05) is 0 Å². The third kappa shape index (κ3) is 2.73. The van der Waals surface area contributed by atoms with Gasteiger partial charge in [0.05, 0.1) is 11.3 Å². The van der Waals surface area contributed by atoms with Crippen molar-refractivity contribution in [2.24, 2.45) is 0 Å². The summed E-state index contributed by atoms with van der Waals surface area (Å²) in [6, 6.07) is 9.46. The summed E-state index contributed by atoms with van der Waals surface area (Å²) in [6.45, 7) is 3.70. The number of aromatic nitrogens is 1. The Kier molecular flexibility index (Phi) is 3.80. The highest BCUT2D eigenvalue weighted by Crippen LogP contribution is 2.18. The van der Waals surface area contributed by atoms with E-state index in [2.05, 4.69) is 4.98 Å². The van der Waals surface area contributed by atoms with E-state index in [4.69, 9.17) is 4.74 Å². The number of carbonyl (C=O) groups is 2. The molecule has 1 aromatic heterocycles. The Morgan fingerprint density at radius 2 is 1.95 bits per heavy atom. The SMILES string of the molecule is Cc1[nH]c(C=O)c(C)c1C(=O)OCc1ccccc1. The molecular weight excluding hydrogens is 242 g/mol. The molecule has 19 heavy (non-hydrogen) atoms. The average molecular weight is 257 g/mol. The molecule has 1 aromatic carbocycles. The van der Waals surface area contributed by atoms with Gasteiger partial charge in [0.25, 0.3) is 0 Å². The molecule has 0 atom stereocenters. The highest BCUT2D eigenvalue weighted by atomic mass is 16.5. The molecule has 0 saturated heterocycles. The zero-order chi connectivity index (χ0) is 13.8. The van der Waals surface area contributed by atoms with Gasteiger partial charge in [0.15, 0.2) is 6.29 Å². The minimum absolute atomic E-state index is 0.222. The van der Waals surface area contributed by atoms with Gasteiger partial charge in [-0.15, -0.1) is 0 Å². The van der Waals surface area contributed by atoms with Crippen molar-refractivity contribution >= 4 is 12.3 Å². The fraction of sp³-hybridized carbons (Fsp3) is 0.200. The number of aromatic amines is 1. The molecule has 2 rings (SSSR count). The van der Waals surface area contributed by atoms with Crippen LogP contribution >= 0.6 is 0 Å². The first kappa shape index (κ1) is 13.1. The Morgan fingerprint density at radius 3 is 2.53 bits per heavy atom. The molecule has 0 fully saturated rings. The zero-order valence-electron chi connectivity index (χ0n) is 10.9. The Bertz CT molecular complexity index is 599. The number of H-pyrrole nitrogens is 1. The van der Waals surface area contributed by atoms with Crippen LogP contribution in [0.3, 0.4) is 0 Å². The topological polar surface area (TPSA) is 59.2 Å². The van der Waals surface area contributed by atoms with E-state index in [1.807, 2.05) is 30.3 Å². The minimum Gasteiger partial charge on any atom is -0.457 e. The number of aldehydes is 1. The summed E-state index contributed by atoms with van der Waals surface area (Å²) in [5, 5.41) is 0. The molecule has 1 heterocycles. The predicted octanol–water partition coefficient (Wildman–Crippen LogP) is 2.80. The lowest BCUT2D eigenvalue weighted by molar-refractivity contribution is 0.0471. The van der Waals surface area contributed by atoms with Crippen molar-refractivity contribution in [3.05, 3.63) is 58.4 Å². The third-order valence-electron chi connectivity index (χ3n) is 3.01. The van der Waals surface area contributed by atoms with Crippen molar-refractivity contribution in [1.29, 1.82) is 0 Å². The number of hydrogen-bond acceptors (Lipinski definition) is 3. The van der Waals surface area contributed by atoms with Gasteiger partial charge in [-0.05, 0) is 25.0 Å². The Labute approximate surface area is 111 Å². The maximum atomic E-state index is 12.0. The number of rotatable bonds is 4. The highest BCUT2D eigenvalue weighted by Gasteiger charge is 2.19. The number of ether oxygens (including phenoxy) is 1. The summed E-state index contributed by atoms with van der Waals surface area (Å²) in [5.74, 6) is -0.414. The number of carbonyl (C=O) groups excluding carboxylic acids is 2. The molecule has 0 unspecified atom stereocenters. The maximum Gasteiger partial charge on any atom is 0.340 e. The summed E-state index contributed by atoms with van der Waals surface area (Å²) >= 11 is 0. The quantitative estimate of drug-likeness (QED) is 0.676. The van der Waals surface area contributed by atoms with E-state index in [-0.39, 0.29) is 6.61 Å². The molecule has 0 aliphatic heterocycles. The smallest absolute Gasteiger partial charge is 0.340 e. The van der Waals surface area contributed by atoms with Crippen LogP contribution in [0.2, 0.25) is 0 Å². The summed E-state index contributed by atoms with van der Waals surface area (Å²) < 4.78 is 5.26. The molecule has 0 aliphatic rings. The number of aryl methyl sites for hydroxylation is 1. The lowest BCUT2D eigenvalue weighted by Crippen LogP contribution is -2.07. The lowest BCUT2D eigenvalue weighted by atomic mass is 10.1. The van der Waals surface area contributed by atoms with Gasteiger partial charge in [0, 0.05) is 5.69 Å². The summed E-state index contributed by atoms with van der Waals surface area (Å²) in [7, 11) is 0. The van der Waals surface area contributed by atoms with E-state index in [1.54, 1.807) is 13.8 Å². The van der Waals surface area contributed by atoms with Crippen LogP contribution in [0.5, 0.6) is 0 Å². The van der Waals surface area contributed by atoms with Crippen LogP contribution in [0, 0.1) is 13.8 Å². The second-order valence-electron chi connectivity index (χ2n) is 4.34. The fourth-order valence-corrected chi connectivity index (χ4v) is 1.99. The molecule has 0 amide bonds. The van der Waals surface area contributed by atoms with Gasteiger partial charge in [0.1, 0.15) is 6.61 Å². The van der Waals surface area contributed by atoms with Crippen LogP contribution in [-0.2, 0) is 11.3 Å². The van der Waals surface area contributed by atoms with Crippen molar-refractivity contribution < 1.29 is 14.3 Å². The molecule has 0 radical (unpaired) electrons. The fourth-order valence-electron chi connectivity index (χ4n) is 1.99. The summed E-state index contributed by atoms with van der Waals surface area (Å²) in [4.78, 5) is 25.7. The van der Waals surface area contributed by atoms with Gasteiger partial charge in [-0.2, -0.15) is 0 Å². The van der Waals surface area contributed by atoms with Crippen LogP contribution < -0.4 is 0 Å². The van der Waals surface area contributed by atoms with Crippen molar-refractivity contribution in [2.45, 2.75) is 20.5 Å². The second kappa shape index (κ2) is 5.52. The van der Waals surface area contributed by atoms with E-state index < -0.39 is 5.97 Å². The minimum atomic E-state index is -0.414. The molecule has 1 N–H and O–H groups in total. The van der Waals surface area contributed by atoms with Crippen molar-refractivity contribution in [3.63, 3.8) is 0 Å². The average Bonchev–Trinajstić information content (AvgIpc) is 2.72. The molecular formula is C15H15NO3. The number of hydrogen-bond donors (Lipinski definition) is 1. The highest BCUT2D eigenvalue weighted by molar-refractivity contribution is 5.95. The van der Waals surface area contributed by atoms with Gasteiger partial charge in [-0.1, -0.05) is 30.3 Å². The normalized spacial score (nSPS) is 10.2. The van der Waals surface area contributed by atoms with Crippen LogP contribution in [0.1, 0.15) is 37.7 Å². The molecule has 4 nitrogen and oxygen atoms in total. The molecule has 4 heteroatoms. The third-order valence-corrected chi connectivity index (χ3v) is 3.01. The molecule has 0 bridgehead atoms. The Morgan fingerprint density at radius 1 is 1.26 bits per heavy atom. The number of benzene rings is 1. The molecule has 0 spiro atoms. The number of nitrogens with one attached hydrogen (secondary N) is 1. The Balaban J connectivity index is 2.12. The Hall–Kier alpha value is -2.36. The lowest BCUT2D eigenvalue weighted by Gasteiger charge is -2.05. The van der Waals surface area contributed by atoms with Crippen molar-refractivity contribution in [1.82, 2.24) is 4.98 Å². The van der Waals surface area contributed by atoms with E-state index in [9.17, 15) is 9.59 Å². The zero-order valence-corrected chi connectivity index (χ0v) is 10.9. The van der Waals surface area contributed by atoms with E-state index >= 15 is 0 Å². The second-order valence-corrected chi connectivity index (χ2v) is 4.34. The van der Waals surface area contributed by atoms with Gasteiger partial charge in [-0.25, -0.2) is 4.79 Å². The first-order chi connectivity index (χ1) is 9.13. The monoisotopic (exact) mass is 257 g/mol. The van der Waals surface area contributed by atoms with Gasteiger partial charge in [0.2, 0.25) is 0 Å². The standard InChI is InChI=1S/C15H15NO3/c1-10-13(8-17)16-11(2)14(10)15(18)19-9-12-6-4-3-5-7-12/h3-8,16H,9H2,1-2H3. The van der Waals surface area contributed by atoms with Gasteiger partial charge in [-0.3, -0.25) is 4.79 Å².